The number of hydrogen-bond acceptors (Lipinski definition) is 5. The maximum Gasteiger partial charge on any atom is 0.148 e. The minimum Gasteiger partial charge on any atom is -0.302 e. The normalized spacial score (nSPS) is 22.8. The van der Waals surface area contributed by atoms with Gasteiger partial charge in [0.05, 0.1) is 5.75 Å². The minimum atomic E-state index is -2.87. The van der Waals surface area contributed by atoms with Gasteiger partial charge in [-0.1, -0.05) is 0 Å². The van der Waals surface area contributed by atoms with Gasteiger partial charge in [-0.05, 0) is 19.4 Å². The second-order valence-corrected chi connectivity index (χ2v) is 6.90. The molecule has 0 aromatic carbocycles. The van der Waals surface area contributed by atoms with Crippen LogP contribution in [0.5, 0.6) is 0 Å². The van der Waals surface area contributed by atoms with Crippen molar-refractivity contribution in [3.05, 3.63) is 12.2 Å². The third-order valence-corrected chi connectivity index (χ3v) is 4.03. The molecule has 96 valence electrons. The SMILES string of the molecule is CS(=O)(=O)CCN1CCCC(c2ncn[nH]2)C1. The molecule has 17 heavy (non-hydrogen) atoms. The first-order chi connectivity index (χ1) is 8.04. The lowest BCUT2D eigenvalue weighted by atomic mass is 9.97. The maximum absolute atomic E-state index is 11.1. The summed E-state index contributed by atoms with van der Waals surface area (Å²) in [5.41, 5.74) is 0. The first-order valence-corrected chi connectivity index (χ1v) is 7.86. The monoisotopic (exact) mass is 258 g/mol. The van der Waals surface area contributed by atoms with E-state index in [1.54, 1.807) is 0 Å². The van der Waals surface area contributed by atoms with E-state index in [4.69, 9.17) is 0 Å². The van der Waals surface area contributed by atoms with Crippen LogP contribution in [0.4, 0.5) is 0 Å². The summed E-state index contributed by atoms with van der Waals surface area (Å²) in [5.74, 6) is 1.50. The summed E-state index contributed by atoms with van der Waals surface area (Å²) in [7, 11) is -2.87. The Kier molecular flexibility index (Phi) is 3.78. The van der Waals surface area contributed by atoms with Crippen LogP contribution in [0.1, 0.15) is 24.6 Å². The van der Waals surface area contributed by atoms with Crippen molar-refractivity contribution in [2.24, 2.45) is 0 Å². The summed E-state index contributed by atoms with van der Waals surface area (Å²) in [4.78, 5) is 6.36. The Labute approximate surface area is 101 Å². The van der Waals surface area contributed by atoms with Crippen LogP contribution >= 0.6 is 0 Å². The molecular formula is C10H18N4O2S. The Morgan fingerprint density at radius 3 is 3.06 bits per heavy atom. The van der Waals surface area contributed by atoms with Gasteiger partial charge in [0.15, 0.2) is 0 Å². The zero-order valence-electron chi connectivity index (χ0n) is 9.96. The fourth-order valence-electron chi connectivity index (χ4n) is 2.19. The van der Waals surface area contributed by atoms with Crippen molar-refractivity contribution < 1.29 is 8.42 Å². The predicted molar refractivity (Wildman–Crippen MR) is 64.5 cm³/mol. The van der Waals surface area contributed by atoms with Gasteiger partial charge in [-0.25, -0.2) is 13.4 Å². The number of likely N-dealkylation sites (tertiary alicyclic amines) is 1. The van der Waals surface area contributed by atoms with E-state index in [1.807, 2.05) is 0 Å². The van der Waals surface area contributed by atoms with E-state index in [9.17, 15) is 8.42 Å². The van der Waals surface area contributed by atoms with Gasteiger partial charge in [0.25, 0.3) is 0 Å². The molecule has 6 nitrogen and oxygen atoms in total. The molecule has 1 unspecified atom stereocenters. The number of H-pyrrole nitrogens is 1. The van der Waals surface area contributed by atoms with Gasteiger partial charge in [-0.3, -0.25) is 5.10 Å². The van der Waals surface area contributed by atoms with E-state index in [1.165, 1.54) is 12.6 Å². The van der Waals surface area contributed by atoms with E-state index in [2.05, 4.69) is 20.1 Å². The molecule has 1 aliphatic rings. The number of aromatic amines is 1. The fraction of sp³-hybridized carbons (Fsp3) is 0.800. The molecule has 1 aromatic rings. The van der Waals surface area contributed by atoms with E-state index < -0.39 is 9.84 Å². The Balaban J connectivity index is 1.89. The number of nitrogens with one attached hydrogen (secondary N) is 1. The molecule has 0 saturated carbocycles. The average molecular weight is 258 g/mol. The van der Waals surface area contributed by atoms with Gasteiger partial charge < -0.3 is 4.90 Å². The van der Waals surface area contributed by atoms with Crippen molar-refractivity contribution in [1.29, 1.82) is 0 Å². The van der Waals surface area contributed by atoms with Crippen LogP contribution in [-0.4, -0.2) is 60.1 Å². The summed E-state index contributed by atoms with van der Waals surface area (Å²) < 4.78 is 22.3. The largest absolute Gasteiger partial charge is 0.302 e. The lowest BCUT2D eigenvalue weighted by Crippen LogP contribution is -2.37. The summed E-state index contributed by atoms with van der Waals surface area (Å²) in [6.07, 6.45) is 4.97. The molecule has 2 rings (SSSR count). The van der Waals surface area contributed by atoms with Crippen LogP contribution in [-0.2, 0) is 9.84 Å². The predicted octanol–water partition coefficient (Wildman–Crippen LogP) is 0.0287. The second kappa shape index (κ2) is 5.14. The molecule has 0 radical (unpaired) electrons. The fourth-order valence-corrected chi connectivity index (χ4v) is 2.78. The van der Waals surface area contributed by atoms with Crippen molar-refractivity contribution in [2.75, 3.05) is 31.6 Å². The molecule has 7 heteroatoms. The van der Waals surface area contributed by atoms with Gasteiger partial charge in [0, 0.05) is 25.3 Å². The highest BCUT2D eigenvalue weighted by atomic mass is 32.2. The van der Waals surface area contributed by atoms with Gasteiger partial charge >= 0.3 is 0 Å². The van der Waals surface area contributed by atoms with Gasteiger partial charge in [-0.2, -0.15) is 5.10 Å². The lowest BCUT2D eigenvalue weighted by molar-refractivity contribution is 0.215. The van der Waals surface area contributed by atoms with E-state index in [-0.39, 0.29) is 5.75 Å². The summed E-state index contributed by atoms with van der Waals surface area (Å²) in [5, 5.41) is 6.75. The van der Waals surface area contributed by atoms with Crippen LogP contribution < -0.4 is 0 Å². The highest BCUT2D eigenvalue weighted by molar-refractivity contribution is 7.90. The number of rotatable bonds is 4. The second-order valence-electron chi connectivity index (χ2n) is 4.64. The molecule has 1 aliphatic heterocycles. The minimum absolute atomic E-state index is 0.232. The van der Waals surface area contributed by atoms with Crippen LogP contribution in [0, 0.1) is 0 Å². The van der Waals surface area contributed by atoms with Crippen molar-refractivity contribution in [1.82, 2.24) is 20.1 Å². The summed E-state index contributed by atoms with van der Waals surface area (Å²) in [6, 6.07) is 0. The van der Waals surface area contributed by atoms with Crippen LogP contribution in [0.15, 0.2) is 6.33 Å². The average Bonchev–Trinajstić information content (AvgIpc) is 2.79. The summed E-state index contributed by atoms with van der Waals surface area (Å²) in [6.45, 7) is 2.45. The topological polar surface area (TPSA) is 79.0 Å². The molecule has 0 amide bonds. The number of nitrogens with zero attached hydrogens (tertiary/aromatic N) is 3. The zero-order valence-corrected chi connectivity index (χ0v) is 10.8. The van der Waals surface area contributed by atoms with Crippen LogP contribution in [0.2, 0.25) is 0 Å². The first kappa shape index (κ1) is 12.5. The molecule has 0 bridgehead atoms. The Bertz CT molecular complexity index is 443. The molecule has 1 N–H and O–H groups in total. The highest BCUT2D eigenvalue weighted by Gasteiger charge is 2.23. The molecule has 0 spiro atoms. The lowest BCUT2D eigenvalue weighted by Gasteiger charge is -2.31. The van der Waals surface area contributed by atoms with Crippen molar-refractivity contribution in [3.8, 4) is 0 Å². The van der Waals surface area contributed by atoms with Crippen molar-refractivity contribution in [3.63, 3.8) is 0 Å². The number of piperidine rings is 1. The standard InChI is InChI=1S/C10H18N4O2S/c1-17(15,16)6-5-14-4-2-3-9(7-14)10-11-8-12-13-10/h8-9H,2-7H2,1H3,(H,11,12,13). The molecule has 1 aromatic heterocycles. The van der Waals surface area contributed by atoms with Gasteiger partial charge in [0.2, 0.25) is 0 Å². The number of aromatic nitrogens is 3. The van der Waals surface area contributed by atoms with Crippen molar-refractivity contribution in [2.45, 2.75) is 18.8 Å². The Morgan fingerprint density at radius 2 is 2.41 bits per heavy atom. The number of sulfone groups is 1. The van der Waals surface area contributed by atoms with E-state index in [0.29, 0.717) is 12.5 Å². The van der Waals surface area contributed by atoms with E-state index in [0.717, 1.165) is 31.8 Å². The zero-order chi connectivity index (χ0) is 12.3. The molecule has 0 aliphatic carbocycles. The third-order valence-electron chi connectivity index (χ3n) is 3.10. The summed E-state index contributed by atoms with van der Waals surface area (Å²) >= 11 is 0. The van der Waals surface area contributed by atoms with Crippen LogP contribution in [0.25, 0.3) is 0 Å². The van der Waals surface area contributed by atoms with Crippen LogP contribution in [0.3, 0.4) is 0 Å². The highest BCUT2D eigenvalue weighted by Crippen LogP contribution is 2.23. The van der Waals surface area contributed by atoms with Gasteiger partial charge in [0.1, 0.15) is 22.0 Å². The molecular weight excluding hydrogens is 240 g/mol. The third kappa shape index (κ3) is 3.78. The quantitative estimate of drug-likeness (QED) is 0.824. The Hall–Kier alpha value is -0.950. The molecule has 2 heterocycles. The first-order valence-electron chi connectivity index (χ1n) is 5.80. The molecule has 1 saturated heterocycles. The smallest absolute Gasteiger partial charge is 0.148 e. The molecule has 1 atom stereocenters. The molecule has 1 fully saturated rings. The number of hydrogen-bond donors (Lipinski definition) is 1. The maximum atomic E-state index is 11.1. The Morgan fingerprint density at radius 1 is 1.59 bits per heavy atom. The van der Waals surface area contributed by atoms with Gasteiger partial charge in [-0.15, -0.1) is 0 Å². The van der Waals surface area contributed by atoms with E-state index >= 15 is 0 Å². The van der Waals surface area contributed by atoms with Crippen molar-refractivity contribution >= 4 is 9.84 Å².